The van der Waals surface area contributed by atoms with E-state index in [1.54, 1.807) is 13.8 Å². The van der Waals surface area contributed by atoms with Crippen LogP contribution in [0.5, 0.6) is 0 Å². The summed E-state index contributed by atoms with van der Waals surface area (Å²) in [5, 5.41) is 11.7. The van der Waals surface area contributed by atoms with Crippen LogP contribution in [0.1, 0.15) is 32.3 Å². The molecule has 0 aliphatic rings. The fourth-order valence-corrected chi connectivity index (χ4v) is 1.87. The largest absolute Gasteiger partial charge is 0.480 e. The van der Waals surface area contributed by atoms with Gasteiger partial charge in [0.15, 0.2) is 0 Å². The van der Waals surface area contributed by atoms with Gasteiger partial charge >= 0.3 is 5.97 Å². The lowest BCUT2D eigenvalue weighted by Crippen LogP contribution is -2.45. The first-order chi connectivity index (χ1) is 9.28. The Morgan fingerprint density at radius 2 is 1.90 bits per heavy atom. The smallest absolute Gasteiger partial charge is 0.326 e. The van der Waals surface area contributed by atoms with Gasteiger partial charge in [0.25, 0.3) is 0 Å². The molecule has 5 nitrogen and oxygen atoms in total. The maximum absolute atomic E-state index is 11.7. The molecule has 110 valence electrons. The van der Waals surface area contributed by atoms with Crippen molar-refractivity contribution in [3.63, 3.8) is 0 Å². The molecular weight excluding hydrogens is 256 g/mol. The highest BCUT2D eigenvalue weighted by Gasteiger charge is 2.23. The first-order valence-electron chi connectivity index (χ1n) is 6.63. The summed E-state index contributed by atoms with van der Waals surface area (Å²) in [6.45, 7) is 3.46. The second kappa shape index (κ2) is 7.05. The molecule has 0 aromatic heterocycles. The summed E-state index contributed by atoms with van der Waals surface area (Å²) in [6.07, 6.45) is 1.06. The lowest BCUT2D eigenvalue weighted by molar-refractivity contribution is -0.142. The third kappa shape index (κ3) is 6.33. The van der Waals surface area contributed by atoms with Crippen molar-refractivity contribution >= 4 is 11.9 Å². The molecule has 0 radical (unpaired) electrons. The molecule has 0 aliphatic carbocycles. The van der Waals surface area contributed by atoms with Crippen LogP contribution in [0, 0.1) is 0 Å². The number of aliphatic carboxylic acids is 1. The van der Waals surface area contributed by atoms with Gasteiger partial charge in [-0.25, -0.2) is 4.79 Å². The molecule has 1 amide bonds. The molecule has 4 N–H and O–H groups in total. The van der Waals surface area contributed by atoms with E-state index in [-0.39, 0.29) is 12.3 Å². The van der Waals surface area contributed by atoms with Gasteiger partial charge in [-0.15, -0.1) is 0 Å². The number of amides is 1. The van der Waals surface area contributed by atoms with Gasteiger partial charge in [0.2, 0.25) is 5.91 Å². The lowest BCUT2D eigenvalue weighted by atomic mass is 10.0. The van der Waals surface area contributed by atoms with Crippen LogP contribution in [0.15, 0.2) is 30.3 Å². The molecule has 20 heavy (non-hydrogen) atoms. The number of benzene rings is 1. The van der Waals surface area contributed by atoms with E-state index in [1.807, 2.05) is 30.3 Å². The molecule has 0 spiro atoms. The van der Waals surface area contributed by atoms with Crippen LogP contribution in [-0.2, 0) is 16.0 Å². The highest BCUT2D eigenvalue weighted by molar-refractivity contribution is 5.84. The summed E-state index contributed by atoms with van der Waals surface area (Å²) < 4.78 is 0. The zero-order valence-corrected chi connectivity index (χ0v) is 11.9. The van der Waals surface area contributed by atoms with Crippen LogP contribution in [0.2, 0.25) is 0 Å². The minimum Gasteiger partial charge on any atom is -0.480 e. The second-order valence-electron chi connectivity index (χ2n) is 5.65. The molecule has 0 heterocycles. The highest BCUT2D eigenvalue weighted by Crippen LogP contribution is 2.07. The molecule has 0 saturated carbocycles. The molecular formula is C15H22N2O3. The van der Waals surface area contributed by atoms with Crippen LogP contribution in [-0.4, -0.2) is 28.6 Å². The monoisotopic (exact) mass is 278 g/mol. The van der Waals surface area contributed by atoms with E-state index in [0.717, 1.165) is 5.56 Å². The topological polar surface area (TPSA) is 92.4 Å². The molecule has 1 unspecified atom stereocenters. The fraction of sp³-hybridized carbons (Fsp3) is 0.467. The molecule has 0 aliphatic heterocycles. The van der Waals surface area contributed by atoms with Gasteiger partial charge in [0.05, 0.1) is 0 Å². The van der Waals surface area contributed by atoms with E-state index in [4.69, 9.17) is 10.8 Å². The van der Waals surface area contributed by atoms with Gasteiger partial charge in [0.1, 0.15) is 6.04 Å². The summed E-state index contributed by atoms with van der Waals surface area (Å²) in [5.41, 5.74) is 6.15. The number of carbonyl (C=O) groups excluding carboxylic acids is 1. The van der Waals surface area contributed by atoms with Gasteiger partial charge < -0.3 is 16.2 Å². The Labute approximate surface area is 119 Å². The quantitative estimate of drug-likeness (QED) is 0.701. The zero-order chi connectivity index (χ0) is 15.2. The zero-order valence-electron chi connectivity index (χ0n) is 11.9. The molecule has 0 bridgehead atoms. The number of hydrogen-bond donors (Lipinski definition) is 3. The van der Waals surface area contributed by atoms with Gasteiger partial charge in [-0.1, -0.05) is 30.3 Å². The SMILES string of the molecule is CC(C)(N)CC(=O)NC(CCc1ccccc1)C(=O)O. The fourth-order valence-electron chi connectivity index (χ4n) is 1.87. The standard InChI is InChI=1S/C15H22N2O3/c1-15(2,16)10-13(18)17-12(14(19)20)9-8-11-6-4-3-5-7-11/h3-7,12H,8-10,16H2,1-2H3,(H,17,18)(H,19,20). The van der Waals surface area contributed by atoms with Crippen LogP contribution in [0.3, 0.4) is 0 Å². The van der Waals surface area contributed by atoms with E-state index in [9.17, 15) is 9.59 Å². The molecule has 0 fully saturated rings. The predicted molar refractivity (Wildman–Crippen MR) is 77.2 cm³/mol. The minimum atomic E-state index is -1.02. The lowest BCUT2D eigenvalue weighted by Gasteiger charge is -2.20. The van der Waals surface area contributed by atoms with Gasteiger partial charge in [-0.2, -0.15) is 0 Å². The number of carboxylic acid groups (broad SMARTS) is 1. The number of hydrogen-bond acceptors (Lipinski definition) is 3. The van der Waals surface area contributed by atoms with Gasteiger partial charge in [-0.05, 0) is 32.3 Å². The average molecular weight is 278 g/mol. The molecule has 1 aromatic rings. The Morgan fingerprint density at radius 1 is 1.30 bits per heavy atom. The van der Waals surface area contributed by atoms with E-state index in [1.165, 1.54) is 0 Å². The summed E-state index contributed by atoms with van der Waals surface area (Å²) in [6, 6.07) is 8.70. The minimum absolute atomic E-state index is 0.0993. The summed E-state index contributed by atoms with van der Waals surface area (Å²) in [4.78, 5) is 22.9. The Hall–Kier alpha value is -1.88. The molecule has 1 atom stereocenters. The third-order valence-corrected chi connectivity index (χ3v) is 2.81. The molecule has 5 heteroatoms. The number of carbonyl (C=O) groups is 2. The summed E-state index contributed by atoms with van der Waals surface area (Å²) in [5.74, 6) is -1.36. The Morgan fingerprint density at radius 3 is 2.40 bits per heavy atom. The number of rotatable bonds is 7. The maximum atomic E-state index is 11.7. The third-order valence-electron chi connectivity index (χ3n) is 2.81. The van der Waals surface area contributed by atoms with Crippen molar-refractivity contribution in [1.82, 2.24) is 5.32 Å². The molecule has 1 rings (SSSR count). The number of nitrogens with two attached hydrogens (primary N) is 1. The Kier molecular flexibility index (Phi) is 5.70. The van der Waals surface area contributed by atoms with Crippen LogP contribution >= 0.6 is 0 Å². The van der Waals surface area contributed by atoms with E-state index in [0.29, 0.717) is 12.8 Å². The Bertz CT molecular complexity index is 452. The van der Waals surface area contributed by atoms with Crippen molar-refractivity contribution in [3.8, 4) is 0 Å². The van der Waals surface area contributed by atoms with Gasteiger partial charge in [0, 0.05) is 12.0 Å². The summed E-state index contributed by atoms with van der Waals surface area (Å²) >= 11 is 0. The first-order valence-corrected chi connectivity index (χ1v) is 6.63. The number of carboxylic acids is 1. The first kappa shape index (κ1) is 16.2. The normalized spacial score (nSPS) is 12.8. The maximum Gasteiger partial charge on any atom is 0.326 e. The summed E-state index contributed by atoms with van der Waals surface area (Å²) in [7, 11) is 0. The second-order valence-corrected chi connectivity index (χ2v) is 5.65. The van der Waals surface area contributed by atoms with Crippen molar-refractivity contribution in [2.24, 2.45) is 5.73 Å². The van der Waals surface area contributed by atoms with Crippen molar-refractivity contribution < 1.29 is 14.7 Å². The van der Waals surface area contributed by atoms with Crippen LogP contribution in [0.4, 0.5) is 0 Å². The highest BCUT2D eigenvalue weighted by atomic mass is 16.4. The average Bonchev–Trinajstić information content (AvgIpc) is 2.33. The predicted octanol–water partition coefficient (Wildman–Crippen LogP) is 1.32. The van der Waals surface area contributed by atoms with Crippen molar-refractivity contribution in [3.05, 3.63) is 35.9 Å². The van der Waals surface area contributed by atoms with E-state index in [2.05, 4.69) is 5.32 Å². The number of nitrogens with one attached hydrogen (secondary N) is 1. The van der Waals surface area contributed by atoms with Crippen LogP contribution in [0.25, 0.3) is 0 Å². The molecule has 1 aromatic carbocycles. The van der Waals surface area contributed by atoms with Crippen LogP contribution < -0.4 is 11.1 Å². The molecule has 0 saturated heterocycles. The number of aryl methyl sites for hydroxylation is 1. The van der Waals surface area contributed by atoms with E-state index >= 15 is 0 Å². The van der Waals surface area contributed by atoms with Gasteiger partial charge in [-0.3, -0.25) is 4.79 Å². The van der Waals surface area contributed by atoms with Crippen molar-refractivity contribution in [2.45, 2.75) is 44.7 Å². The van der Waals surface area contributed by atoms with E-state index < -0.39 is 17.6 Å². The van der Waals surface area contributed by atoms with Crippen molar-refractivity contribution in [1.29, 1.82) is 0 Å². The Balaban J connectivity index is 2.53. The van der Waals surface area contributed by atoms with Crippen molar-refractivity contribution in [2.75, 3.05) is 0 Å².